The van der Waals surface area contributed by atoms with Gasteiger partial charge in [0.15, 0.2) is 11.3 Å². The molecule has 0 radical (unpaired) electrons. The fourth-order valence-electron chi connectivity index (χ4n) is 1.17. The van der Waals surface area contributed by atoms with E-state index in [9.17, 15) is 4.79 Å². The first-order chi connectivity index (χ1) is 6.59. The van der Waals surface area contributed by atoms with Crippen LogP contribution in [0.2, 0.25) is 0 Å². The molecule has 0 aliphatic heterocycles. The number of aryl methyl sites for hydroxylation is 1. The Kier molecular flexibility index (Phi) is 1.99. The molecular formula is C8H6BrN3O2. The Morgan fingerprint density at radius 2 is 2.36 bits per heavy atom. The van der Waals surface area contributed by atoms with Gasteiger partial charge in [-0.1, -0.05) is 0 Å². The van der Waals surface area contributed by atoms with Gasteiger partial charge in [-0.15, -0.1) is 0 Å². The number of fused-ring (bicyclic) bond motifs is 1. The van der Waals surface area contributed by atoms with E-state index in [4.69, 9.17) is 5.11 Å². The Hall–Kier alpha value is -1.43. The zero-order valence-electron chi connectivity index (χ0n) is 7.23. The predicted octanol–water partition coefficient (Wildman–Crippen LogP) is 1.50. The molecule has 2 aromatic rings. The first-order valence-corrected chi connectivity index (χ1v) is 4.62. The third-order valence-electron chi connectivity index (χ3n) is 1.86. The van der Waals surface area contributed by atoms with Gasteiger partial charge in [-0.25, -0.2) is 14.8 Å². The number of carboxylic acids is 1. The van der Waals surface area contributed by atoms with Crippen molar-refractivity contribution in [3.05, 3.63) is 28.4 Å². The summed E-state index contributed by atoms with van der Waals surface area (Å²) in [7, 11) is 0. The summed E-state index contributed by atoms with van der Waals surface area (Å²) in [5.41, 5.74) is 1.48. The van der Waals surface area contributed by atoms with Crippen LogP contribution in [0.5, 0.6) is 0 Å². The lowest BCUT2D eigenvalue weighted by atomic mass is 10.4. The lowest BCUT2D eigenvalue weighted by molar-refractivity contribution is 0.0689. The number of hydrogen-bond donors (Lipinski definition) is 1. The van der Waals surface area contributed by atoms with Gasteiger partial charge in [0.05, 0.1) is 0 Å². The Balaban J connectivity index is 2.82. The van der Waals surface area contributed by atoms with E-state index in [2.05, 4.69) is 25.9 Å². The van der Waals surface area contributed by atoms with Gasteiger partial charge in [-0.3, -0.25) is 4.40 Å². The van der Waals surface area contributed by atoms with Crippen LogP contribution in [0.25, 0.3) is 5.65 Å². The van der Waals surface area contributed by atoms with E-state index in [-0.39, 0.29) is 5.69 Å². The second kappa shape index (κ2) is 3.06. The molecule has 2 heterocycles. The zero-order valence-corrected chi connectivity index (χ0v) is 8.82. The third kappa shape index (κ3) is 1.27. The standard InChI is InChI=1S/C8H6BrN3O2/c1-4-2-10-7-6(9)11-5(8(13)14)3-12(4)7/h2-3H,1H3,(H,13,14). The molecule has 0 saturated carbocycles. The van der Waals surface area contributed by atoms with Crippen molar-refractivity contribution in [2.75, 3.05) is 0 Å². The summed E-state index contributed by atoms with van der Waals surface area (Å²) in [4.78, 5) is 18.6. The first kappa shape index (κ1) is 9.14. The Morgan fingerprint density at radius 1 is 1.64 bits per heavy atom. The average Bonchev–Trinajstić information content (AvgIpc) is 2.48. The number of nitrogens with zero attached hydrogens (tertiary/aromatic N) is 3. The van der Waals surface area contributed by atoms with Crippen LogP contribution in [0, 0.1) is 6.92 Å². The van der Waals surface area contributed by atoms with Crippen molar-refractivity contribution in [3.8, 4) is 0 Å². The predicted molar refractivity (Wildman–Crippen MR) is 52.4 cm³/mol. The first-order valence-electron chi connectivity index (χ1n) is 3.83. The molecule has 2 aromatic heterocycles. The van der Waals surface area contributed by atoms with E-state index in [1.165, 1.54) is 6.20 Å². The van der Waals surface area contributed by atoms with Gasteiger partial charge in [0.25, 0.3) is 0 Å². The summed E-state index contributed by atoms with van der Waals surface area (Å²) < 4.78 is 2.12. The van der Waals surface area contributed by atoms with Gasteiger partial charge in [0.2, 0.25) is 0 Å². The quantitative estimate of drug-likeness (QED) is 0.839. The summed E-state index contributed by atoms with van der Waals surface area (Å²) in [6.45, 7) is 1.85. The fourth-order valence-corrected chi connectivity index (χ4v) is 1.66. The minimum absolute atomic E-state index is 0.00882. The molecule has 0 bridgehead atoms. The van der Waals surface area contributed by atoms with E-state index >= 15 is 0 Å². The van der Waals surface area contributed by atoms with Crippen molar-refractivity contribution in [1.82, 2.24) is 14.4 Å². The summed E-state index contributed by atoms with van der Waals surface area (Å²) in [5, 5.41) is 8.78. The maximum absolute atomic E-state index is 10.7. The molecular weight excluding hydrogens is 250 g/mol. The van der Waals surface area contributed by atoms with Crippen molar-refractivity contribution in [3.63, 3.8) is 0 Å². The number of aromatic carboxylic acids is 1. The molecule has 0 aromatic carbocycles. The summed E-state index contributed by atoms with van der Waals surface area (Å²) in [5.74, 6) is -1.05. The highest BCUT2D eigenvalue weighted by molar-refractivity contribution is 9.10. The maximum atomic E-state index is 10.7. The zero-order chi connectivity index (χ0) is 10.3. The number of rotatable bonds is 1. The van der Waals surface area contributed by atoms with Gasteiger partial charge in [-0.05, 0) is 22.9 Å². The molecule has 1 N–H and O–H groups in total. The molecule has 2 rings (SSSR count). The second-order valence-corrected chi connectivity index (χ2v) is 3.57. The van der Waals surface area contributed by atoms with Crippen molar-refractivity contribution < 1.29 is 9.90 Å². The van der Waals surface area contributed by atoms with Crippen LogP contribution in [-0.4, -0.2) is 25.4 Å². The van der Waals surface area contributed by atoms with Gasteiger partial charge >= 0.3 is 5.97 Å². The summed E-state index contributed by atoms with van der Waals surface area (Å²) >= 11 is 3.17. The molecule has 14 heavy (non-hydrogen) atoms. The summed E-state index contributed by atoms with van der Waals surface area (Å²) in [6.07, 6.45) is 3.11. The number of carboxylic acid groups (broad SMARTS) is 1. The maximum Gasteiger partial charge on any atom is 0.356 e. The third-order valence-corrected chi connectivity index (χ3v) is 2.39. The SMILES string of the molecule is Cc1cnc2c(Br)nc(C(=O)O)cn12. The van der Waals surface area contributed by atoms with Crippen LogP contribution in [0.1, 0.15) is 16.2 Å². The Bertz CT molecular complexity index is 521. The van der Waals surface area contributed by atoms with Crippen LogP contribution in [0.4, 0.5) is 0 Å². The molecule has 0 aliphatic rings. The second-order valence-electron chi connectivity index (χ2n) is 2.82. The van der Waals surface area contributed by atoms with Crippen LogP contribution in [0.15, 0.2) is 17.0 Å². The van der Waals surface area contributed by atoms with Crippen LogP contribution in [-0.2, 0) is 0 Å². The molecule has 0 aliphatic carbocycles. The highest BCUT2D eigenvalue weighted by Gasteiger charge is 2.11. The molecule has 0 fully saturated rings. The molecule has 0 unspecified atom stereocenters. The van der Waals surface area contributed by atoms with E-state index in [1.54, 1.807) is 10.6 Å². The highest BCUT2D eigenvalue weighted by Crippen LogP contribution is 2.16. The molecule has 72 valence electrons. The fraction of sp³-hybridized carbons (Fsp3) is 0.125. The average molecular weight is 256 g/mol. The minimum Gasteiger partial charge on any atom is -0.476 e. The number of imidazole rings is 1. The van der Waals surface area contributed by atoms with Crippen molar-refractivity contribution in [2.45, 2.75) is 6.92 Å². The van der Waals surface area contributed by atoms with E-state index < -0.39 is 5.97 Å². The van der Waals surface area contributed by atoms with E-state index in [0.717, 1.165) is 5.69 Å². The number of halogens is 1. The van der Waals surface area contributed by atoms with Gasteiger partial charge in [0.1, 0.15) is 4.60 Å². The lowest BCUT2D eigenvalue weighted by Gasteiger charge is -2.00. The molecule has 0 spiro atoms. The van der Waals surface area contributed by atoms with Crippen molar-refractivity contribution in [2.24, 2.45) is 0 Å². The monoisotopic (exact) mass is 255 g/mol. The topological polar surface area (TPSA) is 67.5 Å². The van der Waals surface area contributed by atoms with Crippen LogP contribution >= 0.6 is 15.9 Å². The summed E-state index contributed by atoms with van der Waals surface area (Å²) in [6, 6.07) is 0. The Morgan fingerprint density at radius 3 is 3.00 bits per heavy atom. The largest absolute Gasteiger partial charge is 0.476 e. The van der Waals surface area contributed by atoms with E-state index in [0.29, 0.717) is 10.3 Å². The van der Waals surface area contributed by atoms with Crippen molar-refractivity contribution >= 4 is 27.5 Å². The van der Waals surface area contributed by atoms with Crippen LogP contribution in [0.3, 0.4) is 0 Å². The molecule has 0 atom stereocenters. The Labute approximate surface area is 87.5 Å². The van der Waals surface area contributed by atoms with E-state index in [1.807, 2.05) is 6.92 Å². The number of carbonyl (C=O) groups is 1. The van der Waals surface area contributed by atoms with Gasteiger partial charge < -0.3 is 5.11 Å². The van der Waals surface area contributed by atoms with Crippen LogP contribution < -0.4 is 0 Å². The van der Waals surface area contributed by atoms with Gasteiger partial charge in [0, 0.05) is 18.1 Å². The molecule has 0 amide bonds. The molecule has 5 nitrogen and oxygen atoms in total. The smallest absolute Gasteiger partial charge is 0.356 e. The highest BCUT2D eigenvalue weighted by atomic mass is 79.9. The number of hydrogen-bond acceptors (Lipinski definition) is 3. The number of aromatic nitrogens is 3. The minimum atomic E-state index is -1.05. The molecule has 0 saturated heterocycles. The molecule has 6 heteroatoms. The van der Waals surface area contributed by atoms with Gasteiger partial charge in [-0.2, -0.15) is 0 Å². The lowest BCUT2D eigenvalue weighted by Crippen LogP contribution is -2.04. The van der Waals surface area contributed by atoms with Crippen molar-refractivity contribution in [1.29, 1.82) is 0 Å². The normalized spacial score (nSPS) is 10.7.